The molecule has 0 spiro atoms. The molecule has 0 aliphatic rings. The molecule has 1 aromatic rings. The Hall–Kier alpha value is -0.260. The second kappa shape index (κ2) is 5.72. The van der Waals surface area contributed by atoms with E-state index in [1.54, 1.807) is 11.9 Å². The lowest BCUT2D eigenvalue weighted by atomic mass is 10.4. The molecule has 0 saturated carbocycles. The van der Waals surface area contributed by atoms with Crippen LogP contribution in [0.4, 0.5) is 4.79 Å². The van der Waals surface area contributed by atoms with E-state index < -0.39 is 0 Å². The molecule has 0 fully saturated rings. The molecule has 0 saturated heterocycles. The first-order valence-corrected chi connectivity index (χ1v) is 6.20. The summed E-state index contributed by atoms with van der Waals surface area (Å²) >= 11 is 9.66. The average Bonchev–Trinajstić information content (AvgIpc) is 2.14. The summed E-state index contributed by atoms with van der Waals surface area (Å²) in [7, 11) is 1.78. The zero-order chi connectivity index (χ0) is 11.4. The van der Waals surface area contributed by atoms with Crippen molar-refractivity contribution >= 4 is 42.3 Å². The number of thiol groups is 2. The number of hydrogen-bond acceptors (Lipinski definition) is 4. The molecular weight excluding hydrogens is 246 g/mol. The van der Waals surface area contributed by atoms with Crippen LogP contribution < -0.4 is 0 Å². The molecule has 1 rings (SSSR count). The number of nitrogens with zero attached hydrogens (tertiary/aromatic N) is 1. The van der Waals surface area contributed by atoms with E-state index in [-0.39, 0.29) is 5.24 Å². The van der Waals surface area contributed by atoms with Crippen LogP contribution in [0.2, 0.25) is 0 Å². The van der Waals surface area contributed by atoms with Crippen LogP contribution in [-0.2, 0) is 0 Å². The number of benzene rings is 1. The summed E-state index contributed by atoms with van der Waals surface area (Å²) in [5.74, 6) is 0. The smallest absolute Gasteiger partial charge is 0.286 e. The van der Waals surface area contributed by atoms with E-state index in [0.717, 1.165) is 14.7 Å². The topological polar surface area (TPSA) is 20.3 Å². The number of thioether (sulfide) groups is 1. The second-order valence-corrected chi connectivity index (χ2v) is 5.12. The summed E-state index contributed by atoms with van der Waals surface area (Å²) in [6.07, 6.45) is 0. The predicted octanol–water partition coefficient (Wildman–Crippen LogP) is 3.43. The second-order valence-electron chi connectivity index (χ2n) is 3.07. The van der Waals surface area contributed by atoms with Crippen molar-refractivity contribution in [3.05, 3.63) is 18.2 Å². The van der Waals surface area contributed by atoms with Crippen molar-refractivity contribution in [1.82, 2.24) is 4.90 Å². The molecule has 0 aliphatic heterocycles. The predicted molar refractivity (Wildman–Crippen MR) is 70.5 cm³/mol. The van der Waals surface area contributed by atoms with Crippen LogP contribution in [0.5, 0.6) is 0 Å². The Labute approximate surface area is 105 Å². The summed E-state index contributed by atoms with van der Waals surface area (Å²) in [4.78, 5) is 15.8. The first-order valence-electron chi connectivity index (χ1n) is 4.49. The van der Waals surface area contributed by atoms with Gasteiger partial charge in [-0.3, -0.25) is 4.79 Å². The van der Waals surface area contributed by atoms with Crippen LogP contribution in [-0.4, -0.2) is 23.7 Å². The van der Waals surface area contributed by atoms with Gasteiger partial charge in [-0.05, 0) is 36.9 Å². The molecule has 1 amide bonds. The highest BCUT2D eigenvalue weighted by Crippen LogP contribution is 2.26. The van der Waals surface area contributed by atoms with Gasteiger partial charge in [-0.1, -0.05) is 0 Å². The maximum Gasteiger partial charge on any atom is 0.286 e. The van der Waals surface area contributed by atoms with Crippen LogP contribution in [0.15, 0.2) is 32.9 Å². The molecule has 0 radical (unpaired) electrons. The van der Waals surface area contributed by atoms with Crippen molar-refractivity contribution in [3.63, 3.8) is 0 Å². The van der Waals surface area contributed by atoms with Gasteiger partial charge in [-0.2, -0.15) is 0 Å². The highest BCUT2D eigenvalue weighted by Gasteiger charge is 2.09. The van der Waals surface area contributed by atoms with Crippen LogP contribution in [0.25, 0.3) is 0 Å². The number of carbonyl (C=O) groups excluding carboxylic acids is 1. The van der Waals surface area contributed by atoms with Crippen molar-refractivity contribution in [3.8, 4) is 0 Å². The molecule has 82 valence electrons. The summed E-state index contributed by atoms with van der Waals surface area (Å²) in [5, 5.41) is 0.0316. The molecule has 1 aromatic carbocycles. The van der Waals surface area contributed by atoms with E-state index in [1.807, 2.05) is 25.1 Å². The van der Waals surface area contributed by atoms with Crippen molar-refractivity contribution in [2.24, 2.45) is 0 Å². The van der Waals surface area contributed by atoms with Gasteiger partial charge in [-0.25, -0.2) is 0 Å². The molecule has 0 unspecified atom stereocenters. The zero-order valence-electron chi connectivity index (χ0n) is 8.60. The van der Waals surface area contributed by atoms with Crippen LogP contribution in [0, 0.1) is 0 Å². The van der Waals surface area contributed by atoms with Gasteiger partial charge >= 0.3 is 0 Å². The third-order valence-corrected chi connectivity index (χ3v) is 3.34. The third-order valence-electron chi connectivity index (χ3n) is 1.87. The first kappa shape index (κ1) is 12.8. The Kier molecular flexibility index (Phi) is 4.89. The molecule has 0 aliphatic carbocycles. The number of amides is 1. The largest absolute Gasteiger partial charge is 0.337 e. The fourth-order valence-electron chi connectivity index (χ4n) is 0.935. The fourth-order valence-corrected chi connectivity index (χ4v) is 2.63. The Morgan fingerprint density at radius 3 is 2.33 bits per heavy atom. The van der Waals surface area contributed by atoms with Gasteiger partial charge in [0.1, 0.15) is 0 Å². The molecule has 0 bridgehead atoms. The fraction of sp³-hybridized carbons (Fsp3) is 0.300. The van der Waals surface area contributed by atoms with E-state index in [4.69, 9.17) is 0 Å². The normalized spacial score (nSPS) is 10.1. The van der Waals surface area contributed by atoms with Crippen LogP contribution in [0.3, 0.4) is 0 Å². The highest BCUT2D eigenvalue weighted by atomic mass is 32.2. The van der Waals surface area contributed by atoms with E-state index in [0.29, 0.717) is 6.54 Å². The van der Waals surface area contributed by atoms with Crippen molar-refractivity contribution < 1.29 is 4.79 Å². The van der Waals surface area contributed by atoms with Crippen molar-refractivity contribution in [2.45, 2.75) is 21.6 Å². The molecule has 5 heteroatoms. The molecule has 0 atom stereocenters. The Morgan fingerprint density at radius 1 is 1.33 bits per heavy atom. The molecule has 0 heterocycles. The van der Waals surface area contributed by atoms with Crippen molar-refractivity contribution in [2.75, 3.05) is 13.6 Å². The van der Waals surface area contributed by atoms with E-state index in [1.165, 1.54) is 11.8 Å². The van der Waals surface area contributed by atoms with Crippen LogP contribution >= 0.6 is 37.0 Å². The lowest BCUT2D eigenvalue weighted by Gasteiger charge is -2.13. The molecule has 0 aromatic heterocycles. The standard InChI is InChI=1S/C10H13NOS3/c1-3-11(2)10(12)15-9-5-7(13)4-8(14)6-9/h4-6,13-14H,3H2,1-2H3. The minimum Gasteiger partial charge on any atom is -0.337 e. The van der Waals surface area contributed by atoms with E-state index >= 15 is 0 Å². The first-order chi connectivity index (χ1) is 7.02. The average molecular weight is 259 g/mol. The Bertz CT molecular complexity index is 347. The quantitative estimate of drug-likeness (QED) is 0.627. The van der Waals surface area contributed by atoms with E-state index in [2.05, 4.69) is 25.3 Å². The van der Waals surface area contributed by atoms with Gasteiger partial charge < -0.3 is 4.90 Å². The van der Waals surface area contributed by atoms with Crippen LogP contribution in [0.1, 0.15) is 6.92 Å². The van der Waals surface area contributed by atoms with E-state index in [9.17, 15) is 4.79 Å². The third kappa shape index (κ3) is 4.01. The molecule has 0 N–H and O–H groups in total. The Balaban J connectivity index is 2.76. The number of hydrogen-bond donors (Lipinski definition) is 2. The molecule has 15 heavy (non-hydrogen) atoms. The summed E-state index contributed by atoms with van der Waals surface area (Å²) < 4.78 is 0. The monoisotopic (exact) mass is 259 g/mol. The summed E-state index contributed by atoms with van der Waals surface area (Å²) in [6, 6.07) is 5.55. The van der Waals surface area contributed by atoms with Gasteiger partial charge in [0.2, 0.25) is 0 Å². The van der Waals surface area contributed by atoms with Gasteiger partial charge in [0.25, 0.3) is 5.24 Å². The summed E-state index contributed by atoms with van der Waals surface area (Å²) in [5.41, 5.74) is 0. The van der Waals surface area contributed by atoms with Gasteiger partial charge in [-0.15, -0.1) is 25.3 Å². The minimum absolute atomic E-state index is 0.0316. The number of carbonyl (C=O) groups is 1. The van der Waals surface area contributed by atoms with Gasteiger partial charge in [0, 0.05) is 28.3 Å². The summed E-state index contributed by atoms with van der Waals surface area (Å²) in [6.45, 7) is 2.65. The lowest BCUT2D eigenvalue weighted by Crippen LogP contribution is -2.21. The Morgan fingerprint density at radius 2 is 1.87 bits per heavy atom. The minimum atomic E-state index is 0.0316. The SMILES string of the molecule is CCN(C)C(=O)Sc1cc(S)cc(S)c1. The maximum absolute atomic E-state index is 11.6. The zero-order valence-corrected chi connectivity index (χ0v) is 11.2. The highest BCUT2D eigenvalue weighted by molar-refractivity contribution is 8.13. The van der Waals surface area contributed by atoms with Gasteiger partial charge in [0.15, 0.2) is 0 Å². The maximum atomic E-state index is 11.6. The number of rotatable bonds is 2. The van der Waals surface area contributed by atoms with Gasteiger partial charge in [0.05, 0.1) is 0 Å². The molecule has 2 nitrogen and oxygen atoms in total. The lowest BCUT2D eigenvalue weighted by molar-refractivity contribution is 0.235. The van der Waals surface area contributed by atoms with Crippen molar-refractivity contribution in [1.29, 1.82) is 0 Å². The molecular formula is C10H13NOS3.